The Morgan fingerprint density at radius 1 is 1.18 bits per heavy atom. The maximum atomic E-state index is 13.0. The van der Waals surface area contributed by atoms with Gasteiger partial charge in [0.25, 0.3) is 11.5 Å². The van der Waals surface area contributed by atoms with Crippen LogP contribution in [0.25, 0.3) is 32.1 Å². The van der Waals surface area contributed by atoms with Gasteiger partial charge in [-0.05, 0) is 48.9 Å². The van der Waals surface area contributed by atoms with E-state index < -0.39 is 5.91 Å². The summed E-state index contributed by atoms with van der Waals surface area (Å²) < 4.78 is 0. The highest BCUT2D eigenvalue weighted by atomic mass is 32.1. The van der Waals surface area contributed by atoms with E-state index in [0.29, 0.717) is 28.8 Å². The standard InChI is InChI=1S/C26H19N5O2S/c1-15-5-9-21(34-15)16-6-8-19-20(12-16)23-24(17(7-10-22(27)32)13-30-26(23)33)31-25(19)29-14-18-4-2-3-11-28-18/h2-6,8-9,11-13H,14H2,1H3,(H2,27,32)(H,29,31)(H,30,33). The molecule has 0 spiro atoms. The zero-order chi connectivity index (χ0) is 23.7. The van der Waals surface area contributed by atoms with Gasteiger partial charge in [0.1, 0.15) is 5.82 Å². The Kier molecular flexibility index (Phi) is 5.54. The maximum absolute atomic E-state index is 13.0. The number of H-pyrrole nitrogens is 1. The number of thiophene rings is 1. The number of aromatic amines is 1. The van der Waals surface area contributed by atoms with Gasteiger partial charge in [0.2, 0.25) is 0 Å². The van der Waals surface area contributed by atoms with Crippen molar-refractivity contribution in [2.45, 2.75) is 13.5 Å². The molecule has 0 aliphatic heterocycles. The number of aryl methyl sites for hydroxylation is 1. The molecule has 1 aromatic carbocycles. The average Bonchev–Trinajstić information content (AvgIpc) is 3.28. The number of carbonyl (C=O) groups excluding carboxylic acids is 1. The van der Waals surface area contributed by atoms with E-state index in [1.54, 1.807) is 17.5 Å². The number of nitrogens with two attached hydrogens (primary N) is 1. The molecular formula is C26H19N5O2S. The Balaban J connectivity index is 1.77. The highest BCUT2D eigenvalue weighted by molar-refractivity contribution is 7.15. The Morgan fingerprint density at radius 3 is 2.79 bits per heavy atom. The number of amides is 1. The number of benzene rings is 1. The first-order valence-corrected chi connectivity index (χ1v) is 11.3. The average molecular weight is 466 g/mol. The van der Waals surface area contributed by atoms with Crippen LogP contribution in [0.5, 0.6) is 0 Å². The normalized spacial score (nSPS) is 10.7. The van der Waals surface area contributed by atoms with E-state index in [0.717, 1.165) is 26.9 Å². The molecule has 4 N–H and O–H groups in total. The van der Waals surface area contributed by atoms with Crippen LogP contribution in [0, 0.1) is 18.8 Å². The van der Waals surface area contributed by atoms with Gasteiger partial charge >= 0.3 is 0 Å². The van der Waals surface area contributed by atoms with Crippen LogP contribution in [-0.2, 0) is 11.3 Å². The number of hydrogen-bond acceptors (Lipinski definition) is 6. The van der Waals surface area contributed by atoms with Crippen LogP contribution in [0.3, 0.4) is 0 Å². The Morgan fingerprint density at radius 2 is 2.06 bits per heavy atom. The van der Waals surface area contributed by atoms with Crippen LogP contribution >= 0.6 is 11.3 Å². The lowest BCUT2D eigenvalue weighted by Gasteiger charge is -2.13. The summed E-state index contributed by atoms with van der Waals surface area (Å²) in [5, 5.41) is 5.29. The van der Waals surface area contributed by atoms with Crippen molar-refractivity contribution in [2.75, 3.05) is 5.32 Å². The second-order valence-electron chi connectivity index (χ2n) is 7.68. The van der Waals surface area contributed by atoms with Crippen molar-refractivity contribution >= 4 is 44.7 Å². The summed E-state index contributed by atoms with van der Waals surface area (Å²) in [6, 6.07) is 15.8. The van der Waals surface area contributed by atoms with Crippen molar-refractivity contribution in [2.24, 2.45) is 5.73 Å². The monoisotopic (exact) mass is 465 g/mol. The number of primary amides is 1. The first-order chi connectivity index (χ1) is 16.5. The van der Waals surface area contributed by atoms with E-state index in [1.807, 2.05) is 36.4 Å². The molecule has 4 heterocycles. The highest BCUT2D eigenvalue weighted by Crippen LogP contribution is 2.35. The predicted octanol–water partition coefficient (Wildman–Crippen LogP) is 3.96. The fraction of sp³-hybridized carbons (Fsp3) is 0.0769. The summed E-state index contributed by atoms with van der Waals surface area (Å²) in [5.41, 5.74) is 7.58. The van der Waals surface area contributed by atoms with Crippen LogP contribution in [-0.4, -0.2) is 20.9 Å². The molecule has 0 radical (unpaired) electrons. The number of aromatic nitrogens is 3. The molecule has 0 atom stereocenters. The molecule has 0 aliphatic rings. The lowest BCUT2D eigenvalue weighted by Crippen LogP contribution is -2.11. The van der Waals surface area contributed by atoms with E-state index >= 15 is 0 Å². The minimum atomic E-state index is -0.760. The number of carbonyl (C=O) groups is 1. The fourth-order valence-corrected chi connectivity index (χ4v) is 4.66. The van der Waals surface area contributed by atoms with Crippen LogP contribution in [0.15, 0.2) is 65.7 Å². The molecule has 0 saturated carbocycles. The molecule has 0 bridgehead atoms. The third-order valence-corrected chi connectivity index (χ3v) is 6.39. The molecule has 8 heteroatoms. The second-order valence-corrected chi connectivity index (χ2v) is 8.96. The molecule has 166 valence electrons. The number of hydrogen-bond donors (Lipinski definition) is 3. The van der Waals surface area contributed by atoms with E-state index in [1.165, 1.54) is 11.1 Å². The zero-order valence-corrected chi connectivity index (χ0v) is 19.0. The Labute approximate surface area is 198 Å². The third-order valence-electron chi connectivity index (χ3n) is 5.34. The lowest BCUT2D eigenvalue weighted by molar-refractivity contribution is -0.112. The molecule has 0 fully saturated rings. The number of nitrogens with zero attached hydrogens (tertiary/aromatic N) is 2. The quantitative estimate of drug-likeness (QED) is 0.275. The zero-order valence-electron chi connectivity index (χ0n) is 18.2. The first-order valence-electron chi connectivity index (χ1n) is 10.5. The highest BCUT2D eigenvalue weighted by Gasteiger charge is 2.15. The minimum Gasteiger partial charge on any atom is -0.364 e. The van der Waals surface area contributed by atoms with Gasteiger partial charge in [-0.2, -0.15) is 0 Å². The first kappa shape index (κ1) is 21.4. The van der Waals surface area contributed by atoms with Crippen molar-refractivity contribution < 1.29 is 4.79 Å². The van der Waals surface area contributed by atoms with Crippen molar-refractivity contribution in [3.63, 3.8) is 0 Å². The maximum Gasteiger partial charge on any atom is 0.293 e. The van der Waals surface area contributed by atoms with Crippen LogP contribution in [0.2, 0.25) is 0 Å². The summed E-state index contributed by atoms with van der Waals surface area (Å²) in [7, 11) is 0. The molecule has 4 aromatic heterocycles. The van der Waals surface area contributed by atoms with Gasteiger partial charge in [0.15, 0.2) is 0 Å². The number of anilines is 1. The summed E-state index contributed by atoms with van der Waals surface area (Å²) in [5.74, 6) is 4.90. The second kappa shape index (κ2) is 8.81. The Hall–Kier alpha value is -4.48. The van der Waals surface area contributed by atoms with Crippen molar-refractivity contribution in [3.05, 3.63) is 87.4 Å². The largest absolute Gasteiger partial charge is 0.364 e. The molecule has 0 unspecified atom stereocenters. The topological polar surface area (TPSA) is 114 Å². The van der Waals surface area contributed by atoms with Crippen LogP contribution in [0.4, 0.5) is 5.82 Å². The molecule has 7 nitrogen and oxygen atoms in total. The number of pyridine rings is 3. The third kappa shape index (κ3) is 4.12. The van der Waals surface area contributed by atoms with Gasteiger partial charge in [-0.25, -0.2) is 4.98 Å². The van der Waals surface area contributed by atoms with Crippen LogP contribution in [0.1, 0.15) is 16.1 Å². The van der Waals surface area contributed by atoms with Gasteiger partial charge in [0.05, 0.1) is 28.7 Å². The fourth-order valence-electron chi connectivity index (χ4n) is 3.79. The van der Waals surface area contributed by atoms with Gasteiger partial charge < -0.3 is 16.0 Å². The molecule has 0 aliphatic carbocycles. The lowest BCUT2D eigenvalue weighted by atomic mass is 10.0. The molecule has 5 rings (SSSR count). The van der Waals surface area contributed by atoms with Crippen molar-refractivity contribution in [3.8, 4) is 22.3 Å². The summed E-state index contributed by atoms with van der Waals surface area (Å²) in [6.45, 7) is 2.51. The number of fused-ring (bicyclic) bond motifs is 3. The van der Waals surface area contributed by atoms with Crippen LogP contribution < -0.4 is 16.6 Å². The Bertz CT molecular complexity index is 1680. The molecule has 34 heavy (non-hydrogen) atoms. The van der Waals surface area contributed by atoms with E-state index in [-0.39, 0.29) is 5.56 Å². The van der Waals surface area contributed by atoms with E-state index in [4.69, 9.17) is 10.7 Å². The van der Waals surface area contributed by atoms with Gasteiger partial charge in [-0.15, -0.1) is 11.3 Å². The van der Waals surface area contributed by atoms with Crippen molar-refractivity contribution in [1.82, 2.24) is 15.0 Å². The molecule has 0 saturated heterocycles. The number of rotatable bonds is 4. The van der Waals surface area contributed by atoms with Gasteiger partial charge in [0, 0.05) is 38.8 Å². The van der Waals surface area contributed by atoms with E-state index in [2.05, 4.69) is 46.2 Å². The molecule has 5 aromatic rings. The number of nitrogens with one attached hydrogen (secondary N) is 2. The smallest absolute Gasteiger partial charge is 0.293 e. The molecular weight excluding hydrogens is 446 g/mol. The SMILES string of the molecule is Cc1ccc(-c2ccc3c(NCc4ccccn4)nc4c(C#CC(N)=O)c[nH]c(=O)c4c3c2)s1. The predicted molar refractivity (Wildman–Crippen MR) is 136 cm³/mol. The minimum absolute atomic E-state index is 0.284. The summed E-state index contributed by atoms with van der Waals surface area (Å²) >= 11 is 1.69. The summed E-state index contributed by atoms with van der Waals surface area (Å²) in [4.78, 5) is 38.4. The van der Waals surface area contributed by atoms with E-state index in [9.17, 15) is 9.59 Å². The van der Waals surface area contributed by atoms with Crippen molar-refractivity contribution in [1.29, 1.82) is 0 Å². The summed E-state index contributed by atoms with van der Waals surface area (Å²) in [6.07, 6.45) is 3.18. The van der Waals surface area contributed by atoms with Gasteiger partial charge in [-0.1, -0.05) is 18.1 Å². The van der Waals surface area contributed by atoms with Gasteiger partial charge in [-0.3, -0.25) is 14.6 Å². The molecule has 1 amide bonds.